The predicted molar refractivity (Wildman–Crippen MR) is 88.0 cm³/mol. The number of nitrogens with two attached hydrogens (primary N) is 1. The third-order valence-electron chi connectivity index (χ3n) is 2.99. The summed E-state index contributed by atoms with van der Waals surface area (Å²) in [5.74, 6) is 0. The Kier molecular flexibility index (Phi) is 4.98. The van der Waals surface area contributed by atoms with Gasteiger partial charge in [0, 0.05) is 34.5 Å². The van der Waals surface area contributed by atoms with Crippen molar-refractivity contribution in [2.24, 2.45) is 5.73 Å². The lowest BCUT2D eigenvalue weighted by atomic mass is 10.3. The summed E-state index contributed by atoms with van der Waals surface area (Å²) in [4.78, 5) is 0.177. The van der Waals surface area contributed by atoms with Crippen LogP contribution in [-0.4, -0.2) is 13.0 Å². The minimum Gasteiger partial charge on any atom is -0.349 e. The quantitative estimate of drug-likeness (QED) is 0.820. The van der Waals surface area contributed by atoms with E-state index in [2.05, 4.69) is 20.7 Å². The lowest BCUT2D eigenvalue weighted by Gasteiger charge is -2.08. The van der Waals surface area contributed by atoms with Gasteiger partial charge >= 0.3 is 0 Å². The molecule has 21 heavy (non-hydrogen) atoms. The minimum atomic E-state index is -3.69. The Morgan fingerprint density at radius 2 is 2.10 bits per heavy atom. The highest BCUT2D eigenvalue weighted by molar-refractivity contribution is 9.10. The number of aryl methyl sites for hydroxylation is 1. The van der Waals surface area contributed by atoms with Crippen molar-refractivity contribution in [1.82, 2.24) is 4.57 Å². The molecule has 8 heteroatoms. The summed E-state index contributed by atoms with van der Waals surface area (Å²) >= 11 is 9.18. The number of sulfonamides is 1. The molecule has 5 nitrogen and oxygen atoms in total. The molecule has 2 aromatic rings. The zero-order valence-corrected chi connectivity index (χ0v) is 14.5. The van der Waals surface area contributed by atoms with Crippen LogP contribution in [-0.2, 0) is 23.1 Å². The average Bonchev–Trinajstić information content (AvgIpc) is 2.86. The first-order valence-corrected chi connectivity index (χ1v) is 8.89. The molecule has 0 spiro atoms. The van der Waals surface area contributed by atoms with E-state index < -0.39 is 10.0 Å². The molecule has 0 aliphatic rings. The van der Waals surface area contributed by atoms with Crippen molar-refractivity contribution in [3.05, 3.63) is 45.7 Å². The molecule has 0 radical (unpaired) electrons. The maximum absolute atomic E-state index is 12.4. The Bertz CT molecular complexity index is 737. The maximum Gasteiger partial charge on any atom is 0.263 e. The molecule has 2 rings (SSSR count). The van der Waals surface area contributed by atoms with Gasteiger partial charge in [0.05, 0.1) is 5.69 Å². The van der Waals surface area contributed by atoms with Gasteiger partial charge < -0.3 is 10.3 Å². The van der Waals surface area contributed by atoms with E-state index in [1.807, 2.05) is 11.5 Å². The monoisotopic (exact) mass is 391 g/mol. The first kappa shape index (κ1) is 16.4. The Morgan fingerprint density at radius 3 is 2.67 bits per heavy atom. The normalized spacial score (nSPS) is 11.6. The van der Waals surface area contributed by atoms with Gasteiger partial charge in [-0.15, -0.1) is 0 Å². The summed E-state index contributed by atoms with van der Waals surface area (Å²) < 4.78 is 29.8. The summed E-state index contributed by atoms with van der Waals surface area (Å²) in [7, 11) is -3.69. The topological polar surface area (TPSA) is 77.1 Å². The molecule has 114 valence electrons. The lowest BCUT2D eigenvalue weighted by Crippen LogP contribution is -2.12. The fourth-order valence-electron chi connectivity index (χ4n) is 1.92. The van der Waals surface area contributed by atoms with Gasteiger partial charge in [-0.25, -0.2) is 8.42 Å². The van der Waals surface area contributed by atoms with E-state index >= 15 is 0 Å². The first-order chi connectivity index (χ1) is 9.87. The molecule has 0 aliphatic carbocycles. The van der Waals surface area contributed by atoms with Crippen molar-refractivity contribution < 1.29 is 8.42 Å². The Hall–Kier alpha value is -1.02. The number of hydrogen-bond acceptors (Lipinski definition) is 3. The summed E-state index contributed by atoms with van der Waals surface area (Å²) in [5, 5.41) is 0.449. The highest BCUT2D eigenvalue weighted by atomic mass is 79.9. The van der Waals surface area contributed by atoms with Gasteiger partial charge in [0.25, 0.3) is 10.0 Å². The van der Waals surface area contributed by atoms with Crippen molar-refractivity contribution in [3.8, 4) is 0 Å². The summed E-state index contributed by atoms with van der Waals surface area (Å²) in [6, 6.07) is 6.47. The van der Waals surface area contributed by atoms with Gasteiger partial charge in [0.15, 0.2) is 0 Å². The van der Waals surface area contributed by atoms with E-state index in [4.69, 9.17) is 17.3 Å². The maximum atomic E-state index is 12.4. The van der Waals surface area contributed by atoms with Crippen LogP contribution >= 0.6 is 27.5 Å². The standard InChI is InChI=1S/C13H15BrClN3O2S/c1-2-18-8-11(6-10(18)7-16)21(19,20)17-13-5-9(15)3-4-12(13)14/h3-6,8,17H,2,7,16H2,1H3. The van der Waals surface area contributed by atoms with Crippen molar-refractivity contribution >= 4 is 43.2 Å². The molecule has 0 amide bonds. The second-order valence-corrected chi connectivity index (χ2v) is 7.36. The van der Waals surface area contributed by atoms with Gasteiger partial charge in [0.1, 0.15) is 4.90 Å². The molecule has 1 heterocycles. The van der Waals surface area contributed by atoms with Gasteiger partial charge in [-0.3, -0.25) is 4.72 Å². The van der Waals surface area contributed by atoms with Crippen LogP contribution in [0.4, 0.5) is 5.69 Å². The zero-order valence-electron chi connectivity index (χ0n) is 11.3. The van der Waals surface area contributed by atoms with Gasteiger partial charge in [-0.2, -0.15) is 0 Å². The van der Waals surface area contributed by atoms with Crippen molar-refractivity contribution in [2.45, 2.75) is 24.9 Å². The second kappa shape index (κ2) is 6.39. The van der Waals surface area contributed by atoms with Gasteiger partial charge in [-0.05, 0) is 47.1 Å². The summed E-state index contributed by atoms with van der Waals surface area (Å²) in [5.41, 5.74) is 6.77. The largest absolute Gasteiger partial charge is 0.349 e. The third kappa shape index (κ3) is 3.60. The Morgan fingerprint density at radius 1 is 1.38 bits per heavy atom. The van der Waals surface area contributed by atoms with Crippen LogP contribution in [0.2, 0.25) is 5.02 Å². The summed E-state index contributed by atoms with van der Waals surface area (Å²) in [6.07, 6.45) is 1.57. The van der Waals surface area contributed by atoms with Crippen molar-refractivity contribution in [3.63, 3.8) is 0 Å². The van der Waals surface area contributed by atoms with Crippen LogP contribution < -0.4 is 10.5 Å². The molecule has 1 aromatic heterocycles. The molecule has 0 saturated heterocycles. The molecular weight excluding hydrogens is 378 g/mol. The Labute approximate surface area is 137 Å². The van der Waals surface area contributed by atoms with Gasteiger partial charge in [-0.1, -0.05) is 11.6 Å². The van der Waals surface area contributed by atoms with E-state index in [-0.39, 0.29) is 11.4 Å². The van der Waals surface area contributed by atoms with Crippen molar-refractivity contribution in [2.75, 3.05) is 4.72 Å². The Balaban J connectivity index is 2.38. The zero-order chi connectivity index (χ0) is 15.6. The number of anilines is 1. The molecule has 0 fully saturated rings. The van der Waals surface area contributed by atoms with E-state index in [1.54, 1.807) is 30.5 Å². The van der Waals surface area contributed by atoms with E-state index in [1.165, 1.54) is 0 Å². The van der Waals surface area contributed by atoms with Crippen molar-refractivity contribution in [1.29, 1.82) is 0 Å². The van der Waals surface area contributed by atoms with Crippen LogP contribution in [0.15, 0.2) is 39.8 Å². The highest BCUT2D eigenvalue weighted by Crippen LogP contribution is 2.28. The lowest BCUT2D eigenvalue weighted by molar-refractivity contribution is 0.600. The number of benzene rings is 1. The third-order valence-corrected chi connectivity index (χ3v) is 5.25. The first-order valence-electron chi connectivity index (χ1n) is 6.24. The fraction of sp³-hybridized carbons (Fsp3) is 0.231. The minimum absolute atomic E-state index is 0.177. The number of rotatable bonds is 5. The fourth-order valence-corrected chi connectivity index (χ4v) is 3.70. The van der Waals surface area contributed by atoms with E-state index in [0.717, 1.165) is 5.69 Å². The molecule has 0 aliphatic heterocycles. The number of aromatic nitrogens is 1. The van der Waals surface area contributed by atoms with Crippen LogP contribution in [0.5, 0.6) is 0 Å². The number of nitrogens with one attached hydrogen (secondary N) is 1. The van der Waals surface area contributed by atoms with Gasteiger partial charge in [0.2, 0.25) is 0 Å². The predicted octanol–water partition coefficient (Wildman–Crippen LogP) is 3.18. The van der Waals surface area contributed by atoms with Crippen LogP contribution in [0, 0.1) is 0 Å². The van der Waals surface area contributed by atoms with Crippen LogP contribution in [0.25, 0.3) is 0 Å². The smallest absolute Gasteiger partial charge is 0.263 e. The molecule has 1 aromatic carbocycles. The van der Waals surface area contributed by atoms with Crippen LogP contribution in [0.1, 0.15) is 12.6 Å². The highest BCUT2D eigenvalue weighted by Gasteiger charge is 2.19. The van der Waals surface area contributed by atoms with E-state index in [9.17, 15) is 8.42 Å². The van der Waals surface area contributed by atoms with Crippen LogP contribution in [0.3, 0.4) is 0 Å². The second-order valence-electron chi connectivity index (χ2n) is 4.39. The van der Waals surface area contributed by atoms with E-state index in [0.29, 0.717) is 21.7 Å². The SMILES string of the molecule is CCn1cc(S(=O)(=O)Nc2cc(Cl)ccc2Br)cc1CN. The number of hydrogen-bond donors (Lipinski definition) is 2. The molecule has 0 atom stereocenters. The summed E-state index contributed by atoms with van der Waals surface area (Å²) in [6.45, 7) is 2.86. The molecular formula is C13H15BrClN3O2S. The number of nitrogens with zero attached hydrogens (tertiary/aromatic N) is 1. The molecule has 3 N–H and O–H groups in total. The molecule has 0 bridgehead atoms. The molecule has 0 saturated carbocycles. The molecule has 0 unspecified atom stereocenters. The number of halogens is 2. The average molecular weight is 393 g/mol.